The standard InChI is InChI=1S/C36H33F3N4/c1-20-6-13-26-31-28(20)27(36(37,38)39)14-15-34(31,3)35(4)30(23-9-7-22(17-40)8-10-23)33(43(5)19-42)29(32(26)35)24-11-12-25(18-41)21(2)16-24/h7-14,20-21,30,33H,6,15-16H2,1-5H3. The zero-order valence-corrected chi connectivity index (χ0v) is 25.0. The van der Waals surface area contributed by atoms with Crippen molar-refractivity contribution in [1.82, 2.24) is 4.90 Å². The summed E-state index contributed by atoms with van der Waals surface area (Å²) in [5, 5.41) is 29.5. The molecule has 0 amide bonds. The third kappa shape index (κ3) is 3.79. The average Bonchev–Trinajstić information content (AvgIpc) is 3.37. The molecule has 5 aliphatic rings. The molecule has 6 atom stereocenters. The molecule has 7 heteroatoms. The predicted octanol–water partition coefficient (Wildman–Crippen LogP) is 8.33. The molecule has 1 aromatic rings. The molecule has 43 heavy (non-hydrogen) atoms. The van der Waals surface area contributed by atoms with Crippen molar-refractivity contribution in [3.05, 3.63) is 104 Å². The summed E-state index contributed by atoms with van der Waals surface area (Å²) in [5.41, 5.74) is 5.42. The Bertz CT molecular complexity index is 1740. The summed E-state index contributed by atoms with van der Waals surface area (Å²) in [6.07, 6.45) is 6.61. The molecule has 1 fully saturated rings. The number of alkyl halides is 3. The Labute approximate surface area is 251 Å². The number of hydrogen-bond donors (Lipinski definition) is 0. The smallest absolute Gasteiger partial charge is 0.306 e. The van der Waals surface area contributed by atoms with Crippen molar-refractivity contribution >= 4 is 0 Å². The molecule has 0 spiro atoms. The van der Waals surface area contributed by atoms with Crippen molar-refractivity contribution in [2.75, 3.05) is 7.05 Å². The number of hydrogen-bond acceptors (Lipinski definition) is 4. The van der Waals surface area contributed by atoms with Crippen LogP contribution in [0.1, 0.15) is 64.0 Å². The third-order valence-corrected chi connectivity index (χ3v) is 11.0. The Morgan fingerprint density at radius 2 is 1.60 bits per heavy atom. The topological polar surface area (TPSA) is 74.6 Å². The minimum atomic E-state index is -4.45. The van der Waals surface area contributed by atoms with Crippen LogP contribution in [0.4, 0.5) is 13.2 Å². The van der Waals surface area contributed by atoms with Gasteiger partial charge in [-0.1, -0.05) is 58.1 Å². The summed E-state index contributed by atoms with van der Waals surface area (Å²) in [7, 11) is 1.78. The molecular weight excluding hydrogens is 545 g/mol. The van der Waals surface area contributed by atoms with E-state index < -0.39 is 22.6 Å². The Balaban J connectivity index is 1.72. The minimum absolute atomic E-state index is 0.0285. The van der Waals surface area contributed by atoms with Crippen LogP contribution >= 0.6 is 0 Å². The molecule has 0 heterocycles. The lowest BCUT2D eigenvalue weighted by molar-refractivity contribution is -0.0914. The lowest BCUT2D eigenvalue weighted by Gasteiger charge is -2.49. The van der Waals surface area contributed by atoms with Gasteiger partial charge in [0.1, 0.15) is 0 Å². The molecule has 5 aliphatic carbocycles. The minimum Gasteiger partial charge on any atom is -0.306 e. The fourth-order valence-electron chi connectivity index (χ4n) is 8.82. The fourth-order valence-corrected chi connectivity index (χ4v) is 8.82. The van der Waals surface area contributed by atoms with E-state index in [1.807, 2.05) is 38.1 Å². The molecule has 0 N–H and O–H groups in total. The van der Waals surface area contributed by atoms with Gasteiger partial charge in [0.05, 0.1) is 29.3 Å². The summed E-state index contributed by atoms with van der Waals surface area (Å²) in [4.78, 5) is 1.68. The first-order valence-corrected chi connectivity index (χ1v) is 14.7. The van der Waals surface area contributed by atoms with Gasteiger partial charge in [0.25, 0.3) is 0 Å². The van der Waals surface area contributed by atoms with Crippen LogP contribution in [0.25, 0.3) is 0 Å². The number of rotatable bonds is 3. The van der Waals surface area contributed by atoms with Crippen molar-refractivity contribution in [2.45, 2.75) is 65.1 Å². The molecular formula is C36H33F3N4. The number of nitrogens with zero attached hydrogens (tertiary/aromatic N) is 4. The molecule has 1 saturated carbocycles. The Morgan fingerprint density at radius 3 is 2.19 bits per heavy atom. The molecule has 0 aliphatic heterocycles. The molecule has 1 aromatic carbocycles. The number of fused-ring (bicyclic) bond motifs is 3. The molecule has 6 rings (SSSR count). The van der Waals surface area contributed by atoms with Crippen molar-refractivity contribution < 1.29 is 13.2 Å². The van der Waals surface area contributed by atoms with Gasteiger partial charge < -0.3 is 4.90 Å². The van der Waals surface area contributed by atoms with Crippen LogP contribution in [0, 0.1) is 56.8 Å². The molecule has 6 unspecified atom stereocenters. The second kappa shape index (κ2) is 9.62. The molecule has 218 valence electrons. The van der Waals surface area contributed by atoms with Gasteiger partial charge in [-0.05, 0) is 88.3 Å². The van der Waals surface area contributed by atoms with Gasteiger partial charge in [-0.15, -0.1) is 0 Å². The van der Waals surface area contributed by atoms with E-state index >= 15 is 0 Å². The van der Waals surface area contributed by atoms with E-state index in [2.05, 4.69) is 38.3 Å². The van der Waals surface area contributed by atoms with Crippen LogP contribution in [0.3, 0.4) is 0 Å². The van der Waals surface area contributed by atoms with Crippen LogP contribution in [-0.4, -0.2) is 24.2 Å². The largest absolute Gasteiger partial charge is 0.416 e. The molecule has 0 aromatic heterocycles. The maximum absolute atomic E-state index is 14.5. The first-order chi connectivity index (χ1) is 20.3. The summed E-state index contributed by atoms with van der Waals surface area (Å²) in [5.74, 6) is -0.591. The van der Waals surface area contributed by atoms with Gasteiger partial charge in [0.2, 0.25) is 0 Å². The first-order valence-electron chi connectivity index (χ1n) is 14.7. The average molecular weight is 579 g/mol. The van der Waals surface area contributed by atoms with Gasteiger partial charge in [0, 0.05) is 29.4 Å². The van der Waals surface area contributed by atoms with Gasteiger partial charge in [0.15, 0.2) is 6.19 Å². The first kappa shape index (κ1) is 28.8. The van der Waals surface area contributed by atoms with Crippen LogP contribution in [0.15, 0.2) is 93.2 Å². The second-order valence-electron chi connectivity index (χ2n) is 13.1. The highest BCUT2D eigenvalue weighted by molar-refractivity contribution is 5.76. The summed E-state index contributed by atoms with van der Waals surface area (Å²) in [6, 6.07) is 11.5. The van der Waals surface area contributed by atoms with E-state index in [0.717, 1.165) is 33.4 Å². The van der Waals surface area contributed by atoms with Crippen LogP contribution < -0.4 is 0 Å². The van der Waals surface area contributed by atoms with Gasteiger partial charge in [-0.3, -0.25) is 0 Å². The van der Waals surface area contributed by atoms with Crippen LogP contribution in [-0.2, 0) is 0 Å². The van der Waals surface area contributed by atoms with Crippen LogP contribution in [0.5, 0.6) is 0 Å². The number of nitriles is 3. The van der Waals surface area contributed by atoms with E-state index in [1.54, 1.807) is 24.1 Å². The lowest BCUT2D eigenvalue weighted by Crippen LogP contribution is -2.45. The SMILES string of the molecule is CC1CC(C2=C3C4=CCC(C)C5=C4C(C)(CC=C5C(F)(F)F)C3(C)C(c3ccc(C#N)cc3)C2N(C)C#N)=CC=C1C#N. The number of benzene rings is 1. The van der Waals surface area contributed by atoms with E-state index in [9.17, 15) is 29.0 Å². The number of allylic oxidation sites excluding steroid dienone is 10. The van der Waals surface area contributed by atoms with E-state index in [0.29, 0.717) is 29.6 Å². The van der Waals surface area contributed by atoms with Crippen molar-refractivity contribution in [3.8, 4) is 18.3 Å². The van der Waals surface area contributed by atoms with Gasteiger partial charge >= 0.3 is 6.18 Å². The van der Waals surface area contributed by atoms with E-state index in [-0.39, 0.29) is 30.2 Å². The van der Waals surface area contributed by atoms with Gasteiger partial charge in [-0.25, -0.2) is 0 Å². The molecule has 4 nitrogen and oxygen atoms in total. The zero-order chi connectivity index (χ0) is 31.1. The fraction of sp³-hybridized carbons (Fsp3) is 0.417. The molecule has 0 bridgehead atoms. The van der Waals surface area contributed by atoms with Crippen molar-refractivity contribution in [1.29, 1.82) is 15.8 Å². The summed E-state index contributed by atoms with van der Waals surface area (Å²) in [6.45, 7) is 8.19. The van der Waals surface area contributed by atoms with Crippen molar-refractivity contribution in [3.63, 3.8) is 0 Å². The van der Waals surface area contributed by atoms with E-state index in [4.69, 9.17) is 0 Å². The van der Waals surface area contributed by atoms with Crippen LogP contribution in [0.2, 0.25) is 0 Å². The highest BCUT2D eigenvalue weighted by atomic mass is 19.4. The Kier molecular flexibility index (Phi) is 6.45. The normalized spacial score (nSPS) is 32.9. The maximum atomic E-state index is 14.5. The number of halogens is 3. The third-order valence-electron chi connectivity index (χ3n) is 11.0. The molecule has 0 saturated heterocycles. The highest BCUT2D eigenvalue weighted by Gasteiger charge is 2.69. The van der Waals surface area contributed by atoms with Crippen molar-refractivity contribution in [2.24, 2.45) is 22.7 Å². The Hall–Kier alpha value is -4.28. The summed E-state index contributed by atoms with van der Waals surface area (Å²) < 4.78 is 43.6. The summed E-state index contributed by atoms with van der Waals surface area (Å²) >= 11 is 0. The van der Waals surface area contributed by atoms with Gasteiger partial charge in [-0.2, -0.15) is 29.0 Å². The van der Waals surface area contributed by atoms with E-state index in [1.165, 1.54) is 6.08 Å². The highest BCUT2D eigenvalue weighted by Crippen LogP contribution is 2.76. The quantitative estimate of drug-likeness (QED) is 0.267. The Morgan fingerprint density at radius 1 is 0.907 bits per heavy atom. The predicted molar refractivity (Wildman–Crippen MR) is 158 cm³/mol. The zero-order valence-electron chi connectivity index (χ0n) is 25.0. The second-order valence-corrected chi connectivity index (χ2v) is 13.1. The lowest BCUT2D eigenvalue weighted by atomic mass is 9.54. The number of likely N-dealkylation sites (N-methyl/N-ethyl adjacent to an activating group) is 1. The monoisotopic (exact) mass is 578 g/mol. The molecule has 0 radical (unpaired) electrons. The maximum Gasteiger partial charge on any atom is 0.416 e.